The number of amides is 2. The molecule has 0 heterocycles. The molecule has 0 aliphatic carbocycles. The Balaban J connectivity index is 1.91. The Bertz CT molecular complexity index is 691. The number of hydrogen-bond acceptors (Lipinski definition) is 3. The van der Waals surface area contributed by atoms with E-state index in [1.165, 1.54) is 30.8 Å². The largest absolute Gasteiger partial charge is 0.326 e. The summed E-state index contributed by atoms with van der Waals surface area (Å²) in [6, 6.07) is 13.2. The zero-order chi connectivity index (χ0) is 15.9. The quantitative estimate of drug-likeness (QED) is 0.829. The van der Waals surface area contributed by atoms with E-state index in [1.807, 2.05) is 6.07 Å². The minimum atomic E-state index is -0.464. The average molecular weight is 318 g/mol. The SMILES string of the molecule is CC(=O)Nc1cccc(SCC(=O)Nc2ccccc2F)c1. The molecule has 2 aromatic carbocycles. The summed E-state index contributed by atoms with van der Waals surface area (Å²) in [6.45, 7) is 1.43. The summed E-state index contributed by atoms with van der Waals surface area (Å²) in [5, 5.41) is 5.20. The van der Waals surface area contributed by atoms with Gasteiger partial charge in [0.05, 0.1) is 11.4 Å². The van der Waals surface area contributed by atoms with Crippen LogP contribution in [0.25, 0.3) is 0 Å². The molecule has 0 fully saturated rings. The van der Waals surface area contributed by atoms with Crippen LogP contribution in [-0.2, 0) is 9.59 Å². The average Bonchev–Trinajstić information content (AvgIpc) is 2.47. The molecule has 2 rings (SSSR count). The van der Waals surface area contributed by atoms with Gasteiger partial charge in [0, 0.05) is 17.5 Å². The van der Waals surface area contributed by atoms with E-state index in [2.05, 4.69) is 10.6 Å². The van der Waals surface area contributed by atoms with E-state index in [0.29, 0.717) is 5.69 Å². The highest BCUT2D eigenvalue weighted by Crippen LogP contribution is 2.22. The molecule has 4 nitrogen and oxygen atoms in total. The number of benzene rings is 2. The third kappa shape index (κ3) is 4.89. The molecule has 0 aromatic heterocycles. The lowest BCUT2D eigenvalue weighted by molar-refractivity contribution is -0.114. The standard InChI is InChI=1S/C16H15FN2O2S/c1-11(20)18-12-5-4-6-13(9-12)22-10-16(21)19-15-8-3-2-7-14(15)17/h2-9H,10H2,1H3,(H,18,20)(H,19,21). The molecule has 0 radical (unpaired) electrons. The second kappa shape index (κ2) is 7.61. The molecule has 2 N–H and O–H groups in total. The zero-order valence-corrected chi connectivity index (χ0v) is 12.7. The van der Waals surface area contributed by atoms with Gasteiger partial charge in [-0.3, -0.25) is 9.59 Å². The van der Waals surface area contributed by atoms with Gasteiger partial charge in [-0.2, -0.15) is 0 Å². The summed E-state index contributed by atoms with van der Waals surface area (Å²) in [6.07, 6.45) is 0. The molecule has 0 bridgehead atoms. The Hall–Kier alpha value is -2.34. The highest BCUT2D eigenvalue weighted by atomic mass is 32.2. The van der Waals surface area contributed by atoms with Crippen molar-refractivity contribution < 1.29 is 14.0 Å². The van der Waals surface area contributed by atoms with Crippen molar-refractivity contribution in [3.8, 4) is 0 Å². The summed E-state index contributed by atoms with van der Waals surface area (Å²) in [5.41, 5.74) is 0.840. The van der Waals surface area contributed by atoms with Gasteiger partial charge in [-0.15, -0.1) is 11.8 Å². The van der Waals surface area contributed by atoms with Gasteiger partial charge in [0.2, 0.25) is 11.8 Å². The van der Waals surface area contributed by atoms with E-state index < -0.39 is 5.82 Å². The van der Waals surface area contributed by atoms with Crippen LogP contribution >= 0.6 is 11.8 Å². The molecule has 0 saturated carbocycles. The fraction of sp³-hybridized carbons (Fsp3) is 0.125. The summed E-state index contributed by atoms with van der Waals surface area (Å²) in [5.74, 6) is -0.759. The van der Waals surface area contributed by atoms with Gasteiger partial charge >= 0.3 is 0 Å². The minimum Gasteiger partial charge on any atom is -0.326 e. The lowest BCUT2D eigenvalue weighted by atomic mass is 10.3. The van der Waals surface area contributed by atoms with Gasteiger partial charge in [-0.05, 0) is 30.3 Å². The van der Waals surface area contributed by atoms with Crippen molar-refractivity contribution in [3.63, 3.8) is 0 Å². The van der Waals surface area contributed by atoms with Crippen molar-refractivity contribution in [2.45, 2.75) is 11.8 Å². The second-order valence-electron chi connectivity index (χ2n) is 4.53. The van der Waals surface area contributed by atoms with Gasteiger partial charge in [0.1, 0.15) is 5.82 Å². The molecule has 6 heteroatoms. The molecule has 22 heavy (non-hydrogen) atoms. The van der Waals surface area contributed by atoms with E-state index >= 15 is 0 Å². The number of nitrogens with one attached hydrogen (secondary N) is 2. The predicted molar refractivity (Wildman–Crippen MR) is 86.5 cm³/mol. The normalized spacial score (nSPS) is 10.1. The topological polar surface area (TPSA) is 58.2 Å². The van der Waals surface area contributed by atoms with Crippen LogP contribution in [0.3, 0.4) is 0 Å². The second-order valence-corrected chi connectivity index (χ2v) is 5.57. The minimum absolute atomic E-state index is 0.151. The maximum Gasteiger partial charge on any atom is 0.234 e. The van der Waals surface area contributed by atoms with Crippen LogP contribution < -0.4 is 10.6 Å². The van der Waals surface area contributed by atoms with Crippen molar-refractivity contribution in [3.05, 3.63) is 54.3 Å². The highest BCUT2D eigenvalue weighted by Gasteiger charge is 2.07. The number of rotatable bonds is 5. The van der Waals surface area contributed by atoms with Crippen LogP contribution in [0.5, 0.6) is 0 Å². The van der Waals surface area contributed by atoms with E-state index in [1.54, 1.807) is 30.3 Å². The van der Waals surface area contributed by atoms with Gasteiger partial charge in [0.15, 0.2) is 0 Å². The number of carbonyl (C=O) groups excluding carboxylic acids is 2. The summed E-state index contributed by atoms with van der Waals surface area (Å²) >= 11 is 1.31. The van der Waals surface area contributed by atoms with E-state index in [-0.39, 0.29) is 23.3 Å². The molecular weight excluding hydrogens is 303 g/mol. The molecular formula is C16H15FN2O2S. The van der Waals surface area contributed by atoms with Crippen molar-refractivity contribution in [2.24, 2.45) is 0 Å². The van der Waals surface area contributed by atoms with E-state index in [4.69, 9.17) is 0 Å². The number of carbonyl (C=O) groups is 2. The Morgan fingerprint density at radius 1 is 1.09 bits per heavy atom. The van der Waals surface area contributed by atoms with Crippen molar-refractivity contribution in [2.75, 3.05) is 16.4 Å². The number of halogens is 1. The monoisotopic (exact) mass is 318 g/mol. The van der Waals surface area contributed by atoms with Crippen LogP contribution in [0.1, 0.15) is 6.92 Å². The fourth-order valence-electron chi connectivity index (χ4n) is 1.76. The van der Waals surface area contributed by atoms with Crippen LogP contribution in [0, 0.1) is 5.82 Å². The lowest BCUT2D eigenvalue weighted by Gasteiger charge is -2.07. The summed E-state index contributed by atoms with van der Waals surface area (Å²) < 4.78 is 13.4. The van der Waals surface area contributed by atoms with Crippen LogP contribution in [0.15, 0.2) is 53.4 Å². The third-order valence-electron chi connectivity index (χ3n) is 2.67. The first-order chi connectivity index (χ1) is 10.5. The summed E-state index contributed by atoms with van der Waals surface area (Å²) in [7, 11) is 0. The predicted octanol–water partition coefficient (Wildman–Crippen LogP) is 3.51. The molecule has 0 aliphatic heterocycles. The number of hydrogen-bond donors (Lipinski definition) is 2. The number of para-hydroxylation sites is 1. The molecule has 0 saturated heterocycles. The zero-order valence-electron chi connectivity index (χ0n) is 11.9. The van der Waals surface area contributed by atoms with Crippen LogP contribution in [0.2, 0.25) is 0 Å². The molecule has 0 unspecified atom stereocenters. The smallest absolute Gasteiger partial charge is 0.234 e. The molecule has 0 atom stereocenters. The molecule has 0 spiro atoms. The van der Waals surface area contributed by atoms with Crippen LogP contribution in [-0.4, -0.2) is 17.6 Å². The first-order valence-electron chi connectivity index (χ1n) is 6.59. The van der Waals surface area contributed by atoms with Crippen molar-refractivity contribution in [1.82, 2.24) is 0 Å². The van der Waals surface area contributed by atoms with E-state index in [9.17, 15) is 14.0 Å². The van der Waals surface area contributed by atoms with Gasteiger partial charge < -0.3 is 10.6 Å². The maximum absolute atomic E-state index is 13.4. The lowest BCUT2D eigenvalue weighted by Crippen LogP contribution is -2.14. The summed E-state index contributed by atoms with van der Waals surface area (Å²) in [4.78, 5) is 23.7. The van der Waals surface area contributed by atoms with Crippen molar-refractivity contribution >= 4 is 35.0 Å². The molecule has 114 valence electrons. The Labute approximate surface area is 132 Å². The Morgan fingerprint density at radius 2 is 1.86 bits per heavy atom. The first-order valence-corrected chi connectivity index (χ1v) is 7.58. The Kier molecular flexibility index (Phi) is 5.55. The number of thioether (sulfide) groups is 1. The third-order valence-corrected chi connectivity index (χ3v) is 3.67. The Morgan fingerprint density at radius 3 is 2.59 bits per heavy atom. The molecule has 2 aromatic rings. The maximum atomic E-state index is 13.4. The van der Waals surface area contributed by atoms with E-state index in [0.717, 1.165) is 4.90 Å². The van der Waals surface area contributed by atoms with Crippen LogP contribution in [0.4, 0.5) is 15.8 Å². The van der Waals surface area contributed by atoms with Gasteiger partial charge in [-0.1, -0.05) is 18.2 Å². The highest BCUT2D eigenvalue weighted by molar-refractivity contribution is 8.00. The fourth-order valence-corrected chi connectivity index (χ4v) is 2.52. The number of anilines is 2. The molecule has 2 amide bonds. The van der Waals surface area contributed by atoms with Gasteiger partial charge in [-0.25, -0.2) is 4.39 Å². The van der Waals surface area contributed by atoms with Crippen molar-refractivity contribution in [1.29, 1.82) is 0 Å². The first kappa shape index (κ1) is 16.0. The van der Waals surface area contributed by atoms with Gasteiger partial charge in [0.25, 0.3) is 0 Å². The molecule has 0 aliphatic rings.